The minimum atomic E-state index is -0.655. The summed E-state index contributed by atoms with van der Waals surface area (Å²) in [5.41, 5.74) is 1.44. The number of amides is 2. The van der Waals surface area contributed by atoms with Gasteiger partial charge in [0.25, 0.3) is 17.5 Å². The van der Waals surface area contributed by atoms with E-state index in [1.165, 1.54) is 30.3 Å². The molecule has 3 aromatic rings. The van der Waals surface area contributed by atoms with Gasteiger partial charge in [0.2, 0.25) is 0 Å². The number of nitrogens with zero attached hydrogens (tertiary/aromatic N) is 2. The van der Waals surface area contributed by atoms with Gasteiger partial charge in [-0.1, -0.05) is 30.3 Å². The zero-order valence-corrected chi connectivity index (χ0v) is 16.2. The number of esters is 1. The first-order chi connectivity index (χ1) is 15.0. The monoisotopic (exact) mass is 416 g/mol. The Hall–Kier alpha value is -4.33. The smallest absolute Gasteiger partial charge is 0.330 e. The Morgan fingerprint density at radius 2 is 1.58 bits per heavy atom. The highest BCUT2D eigenvalue weighted by Crippen LogP contribution is 2.29. The van der Waals surface area contributed by atoms with Crippen LogP contribution in [0.25, 0.3) is 10.8 Å². The molecule has 1 aliphatic heterocycles. The van der Waals surface area contributed by atoms with Crippen molar-refractivity contribution in [3.8, 4) is 0 Å². The lowest BCUT2D eigenvalue weighted by Crippen LogP contribution is -2.40. The molecule has 154 valence electrons. The van der Waals surface area contributed by atoms with E-state index >= 15 is 0 Å². The molecule has 0 aromatic heterocycles. The van der Waals surface area contributed by atoms with Crippen molar-refractivity contribution in [1.29, 1.82) is 0 Å². The molecular weight excluding hydrogens is 400 g/mol. The van der Waals surface area contributed by atoms with Crippen LogP contribution in [0.3, 0.4) is 0 Å². The third-order valence-corrected chi connectivity index (χ3v) is 4.93. The fourth-order valence-electron chi connectivity index (χ4n) is 3.42. The van der Waals surface area contributed by atoms with Crippen LogP contribution < -0.4 is 0 Å². The Kier molecular flexibility index (Phi) is 5.28. The molecule has 3 aromatic carbocycles. The lowest BCUT2D eigenvalue weighted by molar-refractivity contribution is -0.384. The number of nitro benzene ring substituents is 1. The van der Waals surface area contributed by atoms with Gasteiger partial charge in [0.15, 0.2) is 0 Å². The van der Waals surface area contributed by atoms with E-state index in [1.54, 1.807) is 24.3 Å². The Bertz CT molecular complexity index is 1200. The minimum absolute atomic E-state index is 0.0527. The second kappa shape index (κ2) is 8.19. The molecule has 0 saturated heterocycles. The average molecular weight is 416 g/mol. The van der Waals surface area contributed by atoms with Crippen LogP contribution in [0.15, 0.2) is 72.8 Å². The van der Waals surface area contributed by atoms with Gasteiger partial charge in [0.05, 0.1) is 4.92 Å². The molecule has 1 heterocycles. The van der Waals surface area contributed by atoms with E-state index in [0.717, 1.165) is 16.4 Å². The molecule has 4 rings (SSSR count). The summed E-state index contributed by atoms with van der Waals surface area (Å²) in [6.45, 7) is -0.132. The molecule has 0 N–H and O–H groups in total. The lowest BCUT2D eigenvalue weighted by Gasteiger charge is -2.26. The second-order valence-corrected chi connectivity index (χ2v) is 6.86. The van der Waals surface area contributed by atoms with E-state index in [-0.39, 0.29) is 18.8 Å². The maximum atomic E-state index is 12.8. The van der Waals surface area contributed by atoms with Crippen molar-refractivity contribution in [2.75, 3.05) is 6.54 Å². The topological polar surface area (TPSA) is 107 Å². The van der Waals surface area contributed by atoms with Gasteiger partial charge >= 0.3 is 5.97 Å². The first-order valence-corrected chi connectivity index (χ1v) is 9.40. The van der Waals surface area contributed by atoms with Crippen molar-refractivity contribution in [2.24, 2.45) is 0 Å². The largest absolute Gasteiger partial charge is 0.458 e. The zero-order valence-electron chi connectivity index (χ0n) is 16.2. The zero-order chi connectivity index (χ0) is 22.0. The molecule has 1 aliphatic rings. The third kappa shape index (κ3) is 3.91. The van der Waals surface area contributed by atoms with Gasteiger partial charge in [-0.3, -0.25) is 24.6 Å². The molecule has 0 atom stereocenters. The molecule has 2 amide bonds. The predicted octanol–water partition coefficient (Wildman–Crippen LogP) is 3.64. The summed E-state index contributed by atoms with van der Waals surface area (Å²) in [4.78, 5) is 48.7. The Balaban J connectivity index is 1.39. The lowest BCUT2D eigenvalue weighted by atomic mass is 9.94. The molecule has 0 unspecified atom stereocenters. The van der Waals surface area contributed by atoms with Crippen LogP contribution in [-0.2, 0) is 16.1 Å². The molecule has 8 nitrogen and oxygen atoms in total. The van der Waals surface area contributed by atoms with Crippen molar-refractivity contribution >= 4 is 34.2 Å². The summed E-state index contributed by atoms with van der Waals surface area (Å²) >= 11 is 0. The van der Waals surface area contributed by atoms with E-state index in [9.17, 15) is 24.5 Å². The van der Waals surface area contributed by atoms with Crippen molar-refractivity contribution < 1.29 is 24.0 Å². The molecule has 0 spiro atoms. The van der Waals surface area contributed by atoms with Crippen LogP contribution >= 0.6 is 0 Å². The molecule has 0 radical (unpaired) electrons. The van der Waals surface area contributed by atoms with Gasteiger partial charge in [-0.05, 0) is 35.2 Å². The van der Waals surface area contributed by atoms with Gasteiger partial charge in [-0.15, -0.1) is 0 Å². The third-order valence-electron chi connectivity index (χ3n) is 4.93. The fourth-order valence-corrected chi connectivity index (χ4v) is 3.42. The maximum Gasteiger partial charge on any atom is 0.330 e. The summed E-state index contributed by atoms with van der Waals surface area (Å²) in [6.07, 6.45) is 2.54. The van der Waals surface area contributed by atoms with E-state index in [0.29, 0.717) is 22.1 Å². The fraction of sp³-hybridized carbons (Fsp3) is 0.0870. The highest BCUT2D eigenvalue weighted by molar-refractivity contribution is 6.25. The summed E-state index contributed by atoms with van der Waals surface area (Å²) in [6, 6.07) is 16.2. The number of benzene rings is 3. The number of hydrogen-bond donors (Lipinski definition) is 0. The predicted molar refractivity (Wildman–Crippen MR) is 111 cm³/mol. The number of non-ortho nitro benzene ring substituents is 1. The van der Waals surface area contributed by atoms with Gasteiger partial charge in [-0.2, -0.15) is 0 Å². The number of hydrogen-bond acceptors (Lipinski definition) is 6. The highest BCUT2D eigenvalue weighted by atomic mass is 16.6. The standard InChI is InChI=1S/C23H16N2O6/c26-20(31-14-15-9-11-17(12-10-15)25(29)30)8-3-13-24-22(27)18-6-1-4-16-5-2-7-19(21(16)18)23(24)28/h1-12H,13-14H2/b8-3+. The summed E-state index contributed by atoms with van der Waals surface area (Å²) in [5, 5.41) is 12.1. The van der Waals surface area contributed by atoms with Crippen LogP contribution in [0.2, 0.25) is 0 Å². The van der Waals surface area contributed by atoms with E-state index in [2.05, 4.69) is 0 Å². The van der Waals surface area contributed by atoms with E-state index in [1.807, 2.05) is 12.1 Å². The van der Waals surface area contributed by atoms with Crippen molar-refractivity contribution in [1.82, 2.24) is 4.90 Å². The Labute approximate surface area is 176 Å². The highest BCUT2D eigenvalue weighted by Gasteiger charge is 2.31. The van der Waals surface area contributed by atoms with Gasteiger partial charge in [0.1, 0.15) is 6.61 Å². The summed E-state index contributed by atoms with van der Waals surface area (Å²) in [5.74, 6) is -1.49. The molecule has 0 fully saturated rings. The normalized spacial score (nSPS) is 13.1. The SMILES string of the molecule is O=C(/C=C/CN1C(=O)c2cccc3cccc(c23)C1=O)OCc1ccc([N+](=O)[O-])cc1. The molecule has 31 heavy (non-hydrogen) atoms. The van der Waals surface area contributed by atoms with Gasteiger partial charge in [0, 0.05) is 41.3 Å². The molecule has 0 saturated carbocycles. The number of imide groups is 1. The summed E-state index contributed by atoms with van der Waals surface area (Å²) < 4.78 is 5.09. The Morgan fingerprint density at radius 3 is 2.16 bits per heavy atom. The van der Waals surface area contributed by atoms with Crippen LogP contribution in [-0.4, -0.2) is 34.2 Å². The van der Waals surface area contributed by atoms with Crippen molar-refractivity contribution in [2.45, 2.75) is 6.61 Å². The summed E-state index contributed by atoms with van der Waals surface area (Å²) in [7, 11) is 0. The number of rotatable bonds is 6. The van der Waals surface area contributed by atoms with Crippen LogP contribution in [0.4, 0.5) is 5.69 Å². The minimum Gasteiger partial charge on any atom is -0.458 e. The van der Waals surface area contributed by atoms with Crippen LogP contribution in [0.5, 0.6) is 0 Å². The van der Waals surface area contributed by atoms with Crippen molar-refractivity contribution in [3.63, 3.8) is 0 Å². The first-order valence-electron chi connectivity index (χ1n) is 9.40. The Morgan fingerprint density at radius 1 is 0.968 bits per heavy atom. The van der Waals surface area contributed by atoms with Gasteiger partial charge in [-0.25, -0.2) is 4.79 Å². The van der Waals surface area contributed by atoms with Crippen LogP contribution in [0.1, 0.15) is 26.3 Å². The molecule has 0 bridgehead atoms. The molecule has 8 heteroatoms. The number of nitro groups is 1. The van der Waals surface area contributed by atoms with E-state index in [4.69, 9.17) is 4.74 Å². The molecule has 0 aliphatic carbocycles. The molecular formula is C23H16N2O6. The first kappa shape index (κ1) is 20.0. The van der Waals surface area contributed by atoms with E-state index < -0.39 is 22.7 Å². The quantitative estimate of drug-likeness (QED) is 0.200. The average Bonchev–Trinajstić information content (AvgIpc) is 2.78. The van der Waals surface area contributed by atoms with Crippen molar-refractivity contribution in [3.05, 3.63) is 99.6 Å². The maximum absolute atomic E-state index is 12.8. The number of carbonyl (C=O) groups excluding carboxylic acids is 3. The van der Waals surface area contributed by atoms with Gasteiger partial charge < -0.3 is 4.74 Å². The van der Waals surface area contributed by atoms with Crippen LogP contribution in [0, 0.1) is 10.1 Å². The number of ether oxygens (including phenoxy) is 1. The second-order valence-electron chi connectivity index (χ2n) is 6.86. The number of carbonyl (C=O) groups is 3.